The summed E-state index contributed by atoms with van der Waals surface area (Å²) < 4.78 is 0. The molecule has 0 aliphatic heterocycles. The topological polar surface area (TPSA) is 0 Å². The van der Waals surface area contributed by atoms with Gasteiger partial charge in [-0.1, -0.05) is 26.7 Å². The Labute approximate surface area is 69.0 Å². The zero-order chi connectivity index (χ0) is 7.61. The monoisotopic (exact) mass is 160 g/mol. The van der Waals surface area contributed by atoms with E-state index in [2.05, 4.69) is 13.8 Å². The highest BCUT2D eigenvalue weighted by molar-refractivity contribution is 6.18. The molecule has 0 aromatic heterocycles. The first-order valence-electron chi connectivity index (χ1n) is 4.23. The lowest BCUT2D eigenvalue weighted by molar-refractivity contribution is 0.251. The Hall–Kier alpha value is 0.290. The van der Waals surface area contributed by atoms with E-state index in [1.165, 1.54) is 25.7 Å². The van der Waals surface area contributed by atoms with Crippen molar-refractivity contribution < 1.29 is 0 Å². The maximum atomic E-state index is 5.87. The van der Waals surface area contributed by atoms with Crippen molar-refractivity contribution in [3.63, 3.8) is 0 Å². The molecule has 1 fully saturated rings. The smallest absolute Gasteiger partial charge is 0.0277 e. The zero-order valence-electron chi connectivity index (χ0n) is 6.99. The fraction of sp³-hybridized carbons (Fsp3) is 1.00. The van der Waals surface area contributed by atoms with Crippen LogP contribution in [0.4, 0.5) is 0 Å². The van der Waals surface area contributed by atoms with Crippen LogP contribution in [0.15, 0.2) is 0 Å². The van der Waals surface area contributed by atoms with E-state index in [1.54, 1.807) is 0 Å². The molecule has 0 N–H and O–H groups in total. The SMILES string of the molecule is CC(C)(CCl)C1CCCC1. The fourth-order valence-electron chi connectivity index (χ4n) is 1.82. The van der Waals surface area contributed by atoms with Gasteiger partial charge in [-0.2, -0.15) is 0 Å². The van der Waals surface area contributed by atoms with Crippen molar-refractivity contribution in [3.8, 4) is 0 Å². The third-order valence-corrected chi connectivity index (χ3v) is 3.49. The van der Waals surface area contributed by atoms with E-state index in [0.29, 0.717) is 5.41 Å². The molecule has 1 heteroatoms. The van der Waals surface area contributed by atoms with Crippen LogP contribution < -0.4 is 0 Å². The van der Waals surface area contributed by atoms with Crippen LogP contribution in [-0.2, 0) is 0 Å². The lowest BCUT2D eigenvalue weighted by atomic mass is 9.80. The second kappa shape index (κ2) is 3.13. The summed E-state index contributed by atoms with van der Waals surface area (Å²) in [6, 6.07) is 0. The number of hydrogen-bond donors (Lipinski definition) is 0. The molecule has 0 bridgehead atoms. The molecule has 0 radical (unpaired) electrons. The van der Waals surface area contributed by atoms with Gasteiger partial charge in [0.1, 0.15) is 0 Å². The van der Waals surface area contributed by atoms with E-state index in [4.69, 9.17) is 11.6 Å². The van der Waals surface area contributed by atoms with Gasteiger partial charge in [-0.3, -0.25) is 0 Å². The molecule has 0 atom stereocenters. The summed E-state index contributed by atoms with van der Waals surface area (Å²) in [6.45, 7) is 4.58. The van der Waals surface area contributed by atoms with E-state index in [0.717, 1.165) is 11.8 Å². The molecule has 0 amide bonds. The van der Waals surface area contributed by atoms with Crippen molar-refractivity contribution in [2.45, 2.75) is 39.5 Å². The van der Waals surface area contributed by atoms with Crippen LogP contribution in [0.2, 0.25) is 0 Å². The Morgan fingerprint density at radius 3 is 2.20 bits per heavy atom. The average Bonchev–Trinajstić information content (AvgIpc) is 2.38. The molecule has 1 saturated carbocycles. The van der Waals surface area contributed by atoms with Gasteiger partial charge >= 0.3 is 0 Å². The molecule has 0 heterocycles. The zero-order valence-corrected chi connectivity index (χ0v) is 7.75. The first-order valence-corrected chi connectivity index (χ1v) is 4.76. The fourth-order valence-corrected chi connectivity index (χ4v) is 2.03. The van der Waals surface area contributed by atoms with Gasteiger partial charge in [0.15, 0.2) is 0 Å². The molecule has 0 aromatic rings. The van der Waals surface area contributed by atoms with Crippen molar-refractivity contribution in [1.29, 1.82) is 0 Å². The van der Waals surface area contributed by atoms with Gasteiger partial charge in [0.2, 0.25) is 0 Å². The predicted octanol–water partition coefficient (Wildman–Crippen LogP) is 3.44. The molecule has 0 unspecified atom stereocenters. The van der Waals surface area contributed by atoms with Gasteiger partial charge < -0.3 is 0 Å². The van der Waals surface area contributed by atoms with E-state index >= 15 is 0 Å². The van der Waals surface area contributed by atoms with E-state index in [-0.39, 0.29) is 0 Å². The highest BCUT2D eigenvalue weighted by Crippen LogP contribution is 2.39. The van der Waals surface area contributed by atoms with Crippen molar-refractivity contribution in [2.24, 2.45) is 11.3 Å². The Morgan fingerprint density at radius 2 is 1.80 bits per heavy atom. The Bertz CT molecular complexity index is 101. The van der Waals surface area contributed by atoms with E-state index in [1.807, 2.05) is 0 Å². The second-order valence-corrected chi connectivity index (χ2v) is 4.37. The Kier molecular flexibility index (Phi) is 2.62. The summed E-state index contributed by atoms with van der Waals surface area (Å²) >= 11 is 5.87. The van der Waals surface area contributed by atoms with Crippen LogP contribution in [0.5, 0.6) is 0 Å². The van der Waals surface area contributed by atoms with Gasteiger partial charge in [-0.15, -0.1) is 11.6 Å². The largest absolute Gasteiger partial charge is 0.126 e. The lowest BCUT2D eigenvalue weighted by Crippen LogP contribution is -2.23. The number of hydrogen-bond acceptors (Lipinski definition) is 0. The summed E-state index contributed by atoms with van der Waals surface area (Å²) in [6.07, 6.45) is 5.65. The lowest BCUT2D eigenvalue weighted by Gasteiger charge is -2.28. The molecule has 0 aromatic carbocycles. The molecule has 0 nitrogen and oxygen atoms in total. The van der Waals surface area contributed by atoms with E-state index in [9.17, 15) is 0 Å². The van der Waals surface area contributed by atoms with Crippen molar-refractivity contribution in [2.75, 3.05) is 5.88 Å². The minimum Gasteiger partial charge on any atom is -0.126 e. The summed E-state index contributed by atoms with van der Waals surface area (Å²) in [5, 5.41) is 0. The highest BCUT2D eigenvalue weighted by atomic mass is 35.5. The second-order valence-electron chi connectivity index (χ2n) is 4.10. The van der Waals surface area contributed by atoms with Crippen molar-refractivity contribution in [1.82, 2.24) is 0 Å². The van der Waals surface area contributed by atoms with Crippen LogP contribution in [-0.4, -0.2) is 5.88 Å². The van der Waals surface area contributed by atoms with Gasteiger partial charge in [0.25, 0.3) is 0 Å². The predicted molar refractivity (Wildman–Crippen MR) is 46.5 cm³/mol. The molecular formula is C9H17Cl. The quantitative estimate of drug-likeness (QED) is 0.543. The molecule has 1 aliphatic carbocycles. The standard InChI is InChI=1S/C9H17Cl/c1-9(2,7-10)8-5-3-4-6-8/h8H,3-7H2,1-2H3. The minimum atomic E-state index is 0.387. The van der Waals surface area contributed by atoms with Crippen LogP contribution in [0.3, 0.4) is 0 Å². The van der Waals surface area contributed by atoms with E-state index < -0.39 is 0 Å². The molecule has 0 spiro atoms. The Balaban J connectivity index is 2.45. The highest BCUT2D eigenvalue weighted by Gasteiger charge is 2.30. The molecule has 60 valence electrons. The summed E-state index contributed by atoms with van der Waals surface area (Å²) in [5.74, 6) is 1.71. The number of alkyl halides is 1. The van der Waals surface area contributed by atoms with Crippen molar-refractivity contribution in [3.05, 3.63) is 0 Å². The van der Waals surface area contributed by atoms with Crippen molar-refractivity contribution >= 4 is 11.6 Å². The molecule has 10 heavy (non-hydrogen) atoms. The van der Waals surface area contributed by atoms with Gasteiger partial charge in [0, 0.05) is 5.88 Å². The third-order valence-electron chi connectivity index (χ3n) is 2.80. The van der Waals surface area contributed by atoms with Gasteiger partial charge in [-0.05, 0) is 24.2 Å². The average molecular weight is 161 g/mol. The maximum Gasteiger partial charge on any atom is 0.0277 e. The summed E-state index contributed by atoms with van der Waals surface area (Å²) in [4.78, 5) is 0. The number of halogens is 1. The van der Waals surface area contributed by atoms with Crippen LogP contribution in [0.25, 0.3) is 0 Å². The summed E-state index contributed by atoms with van der Waals surface area (Å²) in [5.41, 5.74) is 0.387. The normalized spacial score (nSPS) is 21.9. The first-order chi connectivity index (χ1) is 4.67. The number of rotatable bonds is 2. The third kappa shape index (κ3) is 1.66. The minimum absolute atomic E-state index is 0.387. The van der Waals surface area contributed by atoms with Crippen LogP contribution in [0, 0.1) is 11.3 Å². The summed E-state index contributed by atoms with van der Waals surface area (Å²) in [7, 11) is 0. The molecular weight excluding hydrogens is 144 g/mol. The molecule has 0 saturated heterocycles. The van der Waals surface area contributed by atoms with Crippen LogP contribution in [0.1, 0.15) is 39.5 Å². The molecule has 1 rings (SSSR count). The molecule has 1 aliphatic rings. The first kappa shape index (κ1) is 8.39. The maximum absolute atomic E-state index is 5.87. The van der Waals surface area contributed by atoms with Crippen LogP contribution >= 0.6 is 11.6 Å². The van der Waals surface area contributed by atoms with Gasteiger partial charge in [-0.25, -0.2) is 0 Å². The van der Waals surface area contributed by atoms with Gasteiger partial charge in [0.05, 0.1) is 0 Å². The Morgan fingerprint density at radius 1 is 1.30 bits per heavy atom.